The topological polar surface area (TPSA) is 58.9 Å². The van der Waals surface area contributed by atoms with Crippen LogP contribution in [0, 0.1) is 0 Å². The molecule has 0 radical (unpaired) electrons. The molecule has 2 fully saturated rings. The van der Waals surface area contributed by atoms with Crippen molar-refractivity contribution in [1.29, 1.82) is 0 Å². The van der Waals surface area contributed by atoms with Gasteiger partial charge in [0.05, 0.1) is 18.8 Å². The Bertz CT molecular complexity index is 373. The van der Waals surface area contributed by atoms with Gasteiger partial charge in [-0.2, -0.15) is 0 Å². The minimum atomic E-state index is -2.09. The van der Waals surface area contributed by atoms with Crippen LogP contribution >= 0.6 is 0 Å². The summed E-state index contributed by atoms with van der Waals surface area (Å²) in [7, 11) is -2.09. The van der Waals surface area contributed by atoms with Crippen LogP contribution in [0.5, 0.6) is 0 Å². The van der Waals surface area contributed by atoms with Gasteiger partial charge in [0.15, 0.2) is 14.1 Å². The molecule has 136 valence electrons. The molecule has 0 unspecified atom stereocenters. The van der Waals surface area contributed by atoms with Gasteiger partial charge in [-0.25, -0.2) is 0 Å². The number of hydrogen-bond acceptors (Lipinski definition) is 4. The Kier molecular flexibility index (Phi) is 6.00. The molecule has 0 aromatic carbocycles. The molecule has 1 saturated carbocycles. The first-order valence-corrected chi connectivity index (χ1v) is 12.3. The van der Waals surface area contributed by atoms with Crippen molar-refractivity contribution in [3.63, 3.8) is 0 Å². The molecule has 0 aromatic rings. The monoisotopic (exact) mass is 344 g/mol. The van der Waals surface area contributed by atoms with Gasteiger partial charge in [-0.05, 0) is 43.8 Å². The van der Waals surface area contributed by atoms with Gasteiger partial charge >= 0.3 is 0 Å². The van der Waals surface area contributed by atoms with Crippen LogP contribution < -0.4 is 0 Å². The van der Waals surface area contributed by atoms with Crippen LogP contribution in [0.4, 0.5) is 0 Å². The number of aliphatic hydroxyl groups is 1. The molecule has 2 N–H and O–H groups in total. The van der Waals surface area contributed by atoms with Crippen LogP contribution in [0.25, 0.3) is 0 Å². The lowest BCUT2D eigenvalue weighted by Gasteiger charge is -2.40. The Labute approximate surface area is 142 Å². The van der Waals surface area contributed by atoms with Crippen LogP contribution in [-0.4, -0.2) is 42.8 Å². The van der Waals surface area contributed by atoms with E-state index < -0.39 is 13.9 Å². The predicted octanol–water partition coefficient (Wildman–Crippen LogP) is 3.96. The van der Waals surface area contributed by atoms with Crippen LogP contribution in [0.15, 0.2) is 0 Å². The Balaban J connectivity index is 1.65. The average molecular weight is 345 g/mol. The second-order valence-corrected chi connectivity index (χ2v) is 13.3. The highest BCUT2D eigenvalue weighted by atomic mass is 28.4. The minimum absolute atomic E-state index is 0.0677. The highest BCUT2D eigenvalue weighted by molar-refractivity contribution is 6.72. The molecule has 1 aliphatic carbocycles. The van der Waals surface area contributed by atoms with Crippen molar-refractivity contribution < 1.29 is 19.4 Å². The largest absolute Gasteiger partial charge is 0.432 e. The third-order valence-electron chi connectivity index (χ3n) is 6.36. The number of ether oxygens (including phenoxy) is 2. The van der Waals surface area contributed by atoms with Crippen molar-refractivity contribution in [1.82, 2.24) is 0 Å². The normalized spacial score (nSPS) is 24.3. The van der Waals surface area contributed by atoms with Gasteiger partial charge in [-0.1, -0.05) is 33.1 Å². The molecular weight excluding hydrogens is 308 g/mol. The maximum Gasteiger partial charge on any atom is 0.188 e. The zero-order valence-corrected chi connectivity index (χ0v) is 16.5. The van der Waals surface area contributed by atoms with E-state index in [0.717, 1.165) is 57.8 Å². The molecule has 5 heteroatoms. The third-order valence-corrected chi connectivity index (χ3v) is 9.92. The first-order valence-electron chi connectivity index (χ1n) is 9.30. The van der Waals surface area contributed by atoms with Crippen LogP contribution in [0.1, 0.15) is 71.6 Å². The molecule has 0 aromatic heterocycles. The molecular formula is C18H36O4Si. The van der Waals surface area contributed by atoms with E-state index in [0.29, 0.717) is 13.2 Å². The lowest BCUT2D eigenvalue weighted by molar-refractivity contribution is -0.203. The van der Waals surface area contributed by atoms with E-state index in [4.69, 9.17) is 9.47 Å². The Morgan fingerprint density at radius 2 is 1.52 bits per heavy atom. The van der Waals surface area contributed by atoms with E-state index in [-0.39, 0.29) is 10.8 Å². The van der Waals surface area contributed by atoms with Crippen molar-refractivity contribution in [3.05, 3.63) is 0 Å². The Morgan fingerprint density at radius 3 is 2.04 bits per heavy atom. The van der Waals surface area contributed by atoms with Crippen molar-refractivity contribution in [2.75, 3.05) is 13.2 Å². The third kappa shape index (κ3) is 5.02. The molecule has 1 spiro atoms. The number of rotatable bonds is 7. The predicted molar refractivity (Wildman–Crippen MR) is 94.9 cm³/mol. The fourth-order valence-electron chi connectivity index (χ4n) is 3.64. The molecule has 0 atom stereocenters. The molecule has 1 aliphatic heterocycles. The standard InChI is InChI=1S/C18H36O4Si/c1-16(2,23(3,4)20)8-6-5-7-9-17(19)10-12-18(13-11-17)21-14-15-22-18/h19-20H,5-15H2,1-4H3. The van der Waals surface area contributed by atoms with E-state index in [9.17, 15) is 9.90 Å². The first-order chi connectivity index (χ1) is 10.6. The van der Waals surface area contributed by atoms with Crippen LogP contribution in [0.2, 0.25) is 18.1 Å². The molecule has 1 heterocycles. The fraction of sp³-hybridized carbons (Fsp3) is 1.00. The molecule has 1 saturated heterocycles. The summed E-state index contributed by atoms with van der Waals surface area (Å²) in [5.74, 6) is -0.381. The molecule has 4 nitrogen and oxygen atoms in total. The lowest BCUT2D eigenvalue weighted by atomic mass is 9.78. The minimum Gasteiger partial charge on any atom is -0.432 e. The Morgan fingerprint density at radius 1 is 0.957 bits per heavy atom. The summed E-state index contributed by atoms with van der Waals surface area (Å²) in [5, 5.41) is 10.8. The first kappa shape index (κ1) is 19.4. The summed E-state index contributed by atoms with van der Waals surface area (Å²) in [4.78, 5) is 10.3. The zero-order chi connectivity index (χ0) is 17.2. The maximum absolute atomic E-state index is 10.8. The van der Waals surface area contributed by atoms with E-state index in [1.54, 1.807) is 0 Å². The smallest absolute Gasteiger partial charge is 0.188 e. The van der Waals surface area contributed by atoms with E-state index in [1.807, 2.05) is 13.1 Å². The second-order valence-electron chi connectivity index (χ2n) is 8.84. The molecule has 0 amide bonds. The highest BCUT2D eigenvalue weighted by Gasteiger charge is 2.45. The summed E-state index contributed by atoms with van der Waals surface area (Å²) in [6.45, 7) is 9.82. The molecule has 0 bridgehead atoms. The van der Waals surface area contributed by atoms with Gasteiger partial charge in [0.1, 0.15) is 0 Å². The summed E-state index contributed by atoms with van der Waals surface area (Å²) in [6, 6.07) is 0. The average Bonchev–Trinajstić information content (AvgIpc) is 2.90. The van der Waals surface area contributed by atoms with Crippen LogP contribution in [-0.2, 0) is 9.47 Å². The van der Waals surface area contributed by atoms with Crippen molar-refractivity contribution in [2.24, 2.45) is 0 Å². The van der Waals surface area contributed by atoms with E-state index in [2.05, 4.69) is 13.8 Å². The summed E-state index contributed by atoms with van der Waals surface area (Å²) >= 11 is 0. The van der Waals surface area contributed by atoms with Gasteiger partial charge in [-0.15, -0.1) is 0 Å². The van der Waals surface area contributed by atoms with Gasteiger partial charge in [0.2, 0.25) is 0 Å². The second kappa shape index (κ2) is 7.12. The SMILES string of the molecule is CC(C)(CCCCCC1(O)CCC2(CC1)OCCO2)[Si](C)(C)O. The highest BCUT2D eigenvalue weighted by Crippen LogP contribution is 2.43. The number of unbranched alkanes of at least 4 members (excludes halogenated alkanes) is 2. The molecule has 2 rings (SSSR count). The van der Waals surface area contributed by atoms with Crippen molar-refractivity contribution >= 4 is 8.32 Å². The zero-order valence-electron chi connectivity index (χ0n) is 15.5. The van der Waals surface area contributed by atoms with E-state index in [1.165, 1.54) is 0 Å². The van der Waals surface area contributed by atoms with Crippen molar-refractivity contribution in [3.8, 4) is 0 Å². The fourth-order valence-corrected chi connectivity index (χ4v) is 4.42. The quantitative estimate of drug-likeness (QED) is 0.542. The van der Waals surface area contributed by atoms with Crippen LogP contribution in [0.3, 0.4) is 0 Å². The maximum atomic E-state index is 10.8. The molecule has 23 heavy (non-hydrogen) atoms. The number of hydrogen-bond donors (Lipinski definition) is 2. The van der Waals surface area contributed by atoms with Crippen molar-refractivity contribution in [2.45, 2.75) is 101 Å². The van der Waals surface area contributed by atoms with Gasteiger partial charge in [-0.3, -0.25) is 0 Å². The lowest BCUT2D eigenvalue weighted by Crippen LogP contribution is -2.43. The summed E-state index contributed by atoms with van der Waals surface area (Å²) in [6.07, 6.45) is 8.50. The molecule has 2 aliphatic rings. The Hall–Kier alpha value is 0.0569. The summed E-state index contributed by atoms with van der Waals surface area (Å²) in [5.41, 5.74) is -0.527. The van der Waals surface area contributed by atoms with E-state index >= 15 is 0 Å². The van der Waals surface area contributed by atoms with Gasteiger partial charge in [0, 0.05) is 12.8 Å². The van der Waals surface area contributed by atoms with Gasteiger partial charge < -0.3 is 19.4 Å². The van der Waals surface area contributed by atoms with Gasteiger partial charge in [0.25, 0.3) is 0 Å². The summed E-state index contributed by atoms with van der Waals surface area (Å²) < 4.78 is 11.5.